The van der Waals surface area contributed by atoms with Crippen LogP contribution in [0.5, 0.6) is 17.2 Å². The zero-order valence-corrected chi connectivity index (χ0v) is 21.2. The minimum absolute atomic E-state index is 0.150. The number of piperidine rings is 1. The van der Waals surface area contributed by atoms with Crippen LogP contribution < -0.4 is 19.5 Å². The number of carbonyl (C=O) groups excluding carboxylic acids is 2. The zero-order valence-electron chi connectivity index (χ0n) is 21.2. The molecule has 1 unspecified atom stereocenters. The number of hydrogen-bond donors (Lipinski definition) is 1. The smallest absolute Gasteiger partial charge is 0.277 e. The van der Waals surface area contributed by atoms with Crippen LogP contribution in [0, 0.1) is 13.8 Å². The van der Waals surface area contributed by atoms with Gasteiger partial charge in [0.2, 0.25) is 0 Å². The number of aryl methyl sites for hydroxylation is 1. The molecule has 0 saturated carbocycles. The summed E-state index contributed by atoms with van der Waals surface area (Å²) in [7, 11) is 4.72. The molecule has 1 fully saturated rings. The largest absolute Gasteiger partial charge is 0.497 e. The molecule has 9 nitrogen and oxygen atoms in total. The summed E-state index contributed by atoms with van der Waals surface area (Å²) in [4.78, 5) is 28.2. The van der Waals surface area contributed by atoms with E-state index in [4.69, 9.17) is 18.7 Å². The number of ether oxygens (including phenoxy) is 3. The Labute approximate surface area is 210 Å². The van der Waals surface area contributed by atoms with Crippen LogP contribution in [0.3, 0.4) is 0 Å². The molecule has 4 rings (SSSR count). The monoisotopic (exact) mass is 493 g/mol. The van der Waals surface area contributed by atoms with Gasteiger partial charge in [-0.2, -0.15) is 0 Å². The third-order valence-electron chi connectivity index (χ3n) is 6.53. The highest BCUT2D eigenvalue weighted by molar-refractivity contribution is 6.03. The molecular formula is C27H31N3O6. The predicted molar refractivity (Wildman–Crippen MR) is 134 cm³/mol. The molecule has 0 radical (unpaired) electrons. The van der Waals surface area contributed by atoms with Crippen LogP contribution >= 0.6 is 0 Å². The van der Waals surface area contributed by atoms with Gasteiger partial charge in [0, 0.05) is 29.4 Å². The fraction of sp³-hybridized carbons (Fsp3) is 0.370. The van der Waals surface area contributed by atoms with Gasteiger partial charge >= 0.3 is 0 Å². The van der Waals surface area contributed by atoms with E-state index in [2.05, 4.69) is 10.5 Å². The van der Waals surface area contributed by atoms with Gasteiger partial charge in [0.05, 0.1) is 27.4 Å². The van der Waals surface area contributed by atoms with Crippen molar-refractivity contribution >= 4 is 17.5 Å². The van der Waals surface area contributed by atoms with Gasteiger partial charge in [-0.05, 0) is 69.0 Å². The molecule has 190 valence electrons. The van der Waals surface area contributed by atoms with Gasteiger partial charge in [0.15, 0.2) is 11.5 Å². The Balaban J connectivity index is 1.55. The van der Waals surface area contributed by atoms with Crippen LogP contribution in [-0.4, -0.2) is 49.7 Å². The van der Waals surface area contributed by atoms with Crippen LogP contribution in [0.25, 0.3) is 0 Å². The Morgan fingerprint density at radius 1 is 1.00 bits per heavy atom. The van der Waals surface area contributed by atoms with Crippen molar-refractivity contribution < 1.29 is 28.3 Å². The SMILES string of the molecule is COc1ccc(NC(=O)c2cc(C3CCCCN3C(=O)c3cc(OC)c(C)c(OC)c3)on2)c(C)c1. The molecule has 0 aliphatic carbocycles. The van der Waals surface area contributed by atoms with Gasteiger partial charge in [-0.15, -0.1) is 0 Å². The predicted octanol–water partition coefficient (Wildman–Crippen LogP) is 4.94. The lowest BCUT2D eigenvalue weighted by atomic mass is 9.98. The van der Waals surface area contributed by atoms with Crippen molar-refractivity contribution in [2.45, 2.75) is 39.2 Å². The average molecular weight is 494 g/mol. The van der Waals surface area contributed by atoms with Gasteiger partial charge < -0.3 is 29.0 Å². The van der Waals surface area contributed by atoms with Crippen molar-refractivity contribution in [2.24, 2.45) is 0 Å². The molecule has 1 N–H and O–H groups in total. The van der Waals surface area contributed by atoms with E-state index in [0.29, 0.717) is 47.2 Å². The first-order chi connectivity index (χ1) is 17.4. The molecule has 1 atom stereocenters. The van der Waals surface area contributed by atoms with Crippen molar-refractivity contribution in [1.82, 2.24) is 10.1 Å². The van der Waals surface area contributed by atoms with Crippen LogP contribution in [0.2, 0.25) is 0 Å². The number of benzene rings is 2. The lowest BCUT2D eigenvalue weighted by Crippen LogP contribution is -2.38. The van der Waals surface area contributed by atoms with E-state index in [1.807, 2.05) is 19.9 Å². The first-order valence-corrected chi connectivity index (χ1v) is 11.8. The summed E-state index contributed by atoms with van der Waals surface area (Å²) in [5, 5.41) is 6.85. The topological polar surface area (TPSA) is 103 Å². The molecule has 1 aliphatic heterocycles. The molecule has 36 heavy (non-hydrogen) atoms. The van der Waals surface area contributed by atoms with Crippen molar-refractivity contribution in [2.75, 3.05) is 33.2 Å². The minimum atomic E-state index is -0.389. The number of likely N-dealkylation sites (tertiary alicyclic amines) is 1. The van der Waals surface area contributed by atoms with Gasteiger partial charge in [-0.25, -0.2) is 0 Å². The Morgan fingerprint density at radius 2 is 1.72 bits per heavy atom. The fourth-order valence-electron chi connectivity index (χ4n) is 4.49. The summed E-state index contributed by atoms with van der Waals surface area (Å²) in [5.41, 5.74) is 2.96. The van der Waals surface area contributed by atoms with Gasteiger partial charge in [0.1, 0.15) is 17.2 Å². The van der Waals surface area contributed by atoms with Crippen molar-refractivity contribution in [3.8, 4) is 17.2 Å². The summed E-state index contributed by atoms with van der Waals surface area (Å²) in [5.74, 6) is 1.80. The Hall–Kier alpha value is -4.01. The highest BCUT2D eigenvalue weighted by atomic mass is 16.5. The molecule has 0 spiro atoms. The second-order valence-electron chi connectivity index (χ2n) is 8.77. The quantitative estimate of drug-likeness (QED) is 0.497. The van der Waals surface area contributed by atoms with Crippen LogP contribution in [0.4, 0.5) is 5.69 Å². The number of methoxy groups -OCH3 is 3. The molecule has 1 saturated heterocycles. The number of hydrogen-bond acceptors (Lipinski definition) is 7. The van der Waals surface area contributed by atoms with Crippen molar-refractivity contribution in [3.05, 3.63) is 64.5 Å². The molecule has 2 heterocycles. The maximum atomic E-state index is 13.6. The van der Waals surface area contributed by atoms with Crippen molar-refractivity contribution in [3.63, 3.8) is 0 Å². The highest BCUT2D eigenvalue weighted by Gasteiger charge is 2.33. The summed E-state index contributed by atoms with van der Waals surface area (Å²) in [6.07, 6.45) is 2.52. The molecule has 1 aliphatic rings. The third-order valence-corrected chi connectivity index (χ3v) is 6.53. The molecular weight excluding hydrogens is 462 g/mol. The van der Waals surface area contributed by atoms with Crippen molar-refractivity contribution in [1.29, 1.82) is 0 Å². The van der Waals surface area contributed by atoms with E-state index in [0.717, 1.165) is 24.0 Å². The van der Waals surface area contributed by atoms with E-state index < -0.39 is 0 Å². The van der Waals surface area contributed by atoms with Gasteiger partial charge in [-0.1, -0.05) is 5.16 Å². The first-order valence-electron chi connectivity index (χ1n) is 11.8. The lowest BCUT2D eigenvalue weighted by molar-refractivity contribution is 0.0569. The van der Waals surface area contributed by atoms with E-state index in [1.165, 1.54) is 0 Å². The maximum absolute atomic E-state index is 13.6. The normalized spacial score (nSPS) is 15.4. The van der Waals surface area contributed by atoms with E-state index >= 15 is 0 Å². The molecule has 2 amide bonds. The van der Waals surface area contributed by atoms with E-state index in [1.54, 1.807) is 56.6 Å². The first kappa shape index (κ1) is 25.1. The second-order valence-corrected chi connectivity index (χ2v) is 8.77. The highest BCUT2D eigenvalue weighted by Crippen LogP contribution is 2.35. The number of anilines is 1. The van der Waals surface area contributed by atoms with Gasteiger partial charge in [-0.3, -0.25) is 9.59 Å². The Morgan fingerprint density at radius 3 is 2.36 bits per heavy atom. The van der Waals surface area contributed by atoms with Crippen LogP contribution in [0.15, 0.2) is 40.9 Å². The van der Waals surface area contributed by atoms with Crippen LogP contribution in [0.1, 0.15) is 63.0 Å². The zero-order chi connectivity index (χ0) is 25.8. The molecule has 3 aromatic rings. The summed E-state index contributed by atoms with van der Waals surface area (Å²) >= 11 is 0. The van der Waals surface area contributed by atoms with Gasteiger partial charge in [0.25, 0.3) is 11.8 Å². The lowest BCUT2D eigenvalue weighted by Gasteiger charge is -2.34. The van der Waals surface area contributed by atoms with Crippen LogP contribution in [-0.2, 0) is 0 Å². The maximum Gasteiger partial charge on any atom is 0.277 e. The summed E-state index contributed by atoms with van der Waals surface area (Å²) < 4.78 is 21.7. The minimum Gasteiger partial charge on any atom is -0.497 e. The number of nitrogens with one attached hydrogen (secondary N) is 1. The third kappa shape index (κ3) is 5.00. The molecule has 0 bridgehead atoms. The number of aromatic nitrogens is 1. The number of nitrogens with zero attached hydrogens (tertiary/aromatic N) is 2. The number of carbonyl (C=O) groups is 2. The van der Waals surface area contributed by atoms with E-state index in [-0.39, 0.29) is 23.6 Å². The molecule has 2 aromatic carbocycles. The Kier molecular flexibility index (Phi) is 7.47. The molecule has 9 heteroatoms. The average Bonchev–Trinajstić information content (AvgIpc) is 3.40. The number of rotatable bonds is 7. The Bertz CT molecular complexity index is 1240. The standard InChI is InChI=1S/C27H31N3O6/c1-16-12-19(33-3)9-10-20(16)28-26(31)21-15-25(36-29-21)22-8-6-7-11-30(22)27(32)18-13-23(34-4)17(2)24(14-18)35-5/h9-10,12-15,22H,6-8,11H2,1-5H3,(H,28,31). The van der Waals surface area contributed by atoms with E-state index in [9.17, 15) is 9.59 Å². The number of amides is 2. The fourth-order valence-corrected chi connectivity index (χ4v) is 4.49. The second kappa shape index (κ2) is 10.7. The molecule has 1 aromatic heterocycles. The summed E-state index contributed by atoms with van der Waals surface area (Å²) in [6.45, 7) is 4.33. The summed E-state index contributed by atoms with van der Waals surface area (Å²) in [6, 6.07) is 10.1.